The van der Waals surface area contributed by atoms with E-state index in [2.05, 4.69) is 44.8 Å². The lowest BCUT2D eigenvalue weighted by Crippen LogP contribution is -2.47. The van der Waals surface area contributed by atoms with E-state index in [0.29, 0.717) is 48.6 Å². The summed E-state index contributed by atoms with van der Waals surface area (Å²) in [6.45, 7) is 10.7. The van der Waals surface area contributed by atoms with Crippen LogP contribution in [0.3, 0.4) is 0 Å². The second kappa shape index (κ2) is 9.05. The van der Waals surface area contributed by atoms with E-state index in [1.54, 1.807) is 0 Å². The Balaban J connectivity index is 1.79. The van der Waals surface area contributed by atoms with Gasteiger partial charge >= 0.3 is 0 Å². The molecular weight excluding hydrogens is 312 g/mol. The molecule has 0 aromatic heterocycles. The average Bonchev–Trinajstić information content (AvgIpc) is 2.76. The van der Waals surface area contributed by atoms with Gasteiger partial charge in [0.2, 0.25) is 11.8 Å². The smallest absolute Gasteiger partial charge is 0.223 e. The van der Waals surface area contributed by atoms with Crippen molar-refractivity contribution in [3.63, 3.8) is 0 Å². The van der Waals surface area contributed by atoms with Crippen LogP contribution in [0.5, 0.6) is 0 Å². The molecule has 2 aliphatic heterocycles. The highest BCUT2D eigenvalue weighted by molar-refractivity contribution is 5.77. The van der Waals surface area contributed by atoms with Crippen LogP contribution in [-0.4, -0.2) is 34.8 Å². The Morgan fingerprint density at radius 2 is 1.60 bits per heavy atom. The number of hydrogen-bond donors (Lipinski definition) is 1. The van der Waals surface area contributed by atoms with Crippen molar-refractivity contribution in [2.24, 2.45) is 17.8 Å². The summed E-state index contributed by atoms with van der Waals surface area (Å²) in [5.41, 5.74) is 0. The molecule has 2 heterocycles. The predicted molar refractivity (Wildman–Crippen MR) is 102 cm³/mol. The first-order valence-corrected chi connectivity index (χ1v) is 10.4. The highest BCUT2D eigenvalue weighted by Gasteiger charge is 2.43. The Bertz CT molecular complexity index is 447. The molecule has 0 radical (unpaired) electrons. The molecule has 0 spiro atoms. The predicted octanol–water partition coefficient (Wildman–Crippen LogP) is 4.13. The molecule has 3 unspecified atom stereocenters. The lowest BCUT2D eigenvalue weighted by atomic mass is 9.85. The van der Waals surface area contributed by atoms with E-state index in [1.165, 1.54) is 12.8 Å². The van der Waals surface area contributed by atoms with Gasteiger partial charge in [-0.05, 0) is 63.2 Å². The largest absolute Gasteiger partial charge is 0.354 e. The minimum absolute atomic E-state index is 0.189. The molecule has 0 aliphatic carbocycles. The summed E-state index contributed by atoms with van der Waals surface area (Å²) in [6.07, 6.45) is 7.89. The molecular formula is C21H38N2O2. The molecule has 2 bridgehead atoms. The van der Waals surface area contributed by atoms with Gasteiger partial charge in [-0.3, -0.25) is 9.59 Å². The van der Waals surface area contributed by atoms with Gasteiger partial charge in [0.25, 0.3) is 0 Å². The summed E-state index contributed by atoms with van der Waals surface area (Å²) in [5.74, 6) is 2.20. The number of fused-ring (bicyclic) bond motifs is 2. The highest BCUT2D eigenvalue weighted by Crippen LogP contribution is 2.40. The minimum atomic E-state index is 0.189. The van der Waals surface area contributed by atoms with Gasteiger partial charge < -0.3 is 10.2 Å². The first kappa shape index (κ1) is 20.3. The third kappa shape index (κ3) is 6.00. The Morgan fingerprint density at radius 3 is 2.12 bits per heavy atom. The highest BCUT2D eigenvalue weighted by atomic mass is 16.2. The molecule has 25 heavy (non-hydrogen) atoms. The SMILES string of the molecule is CC(C)CCC(=O)NC(C)CC1CC2CCC(C1)N2C(=O)CC(C)C. The Morgan fingerprint density at radius 1 is 1.00 bits per heavy atom. The molecule has 4 heteroatoms. The Labute approximate surface area is 154 Å². The molecule has 0 saturated carbocycles. The monoisotopic (exact) mass is 350 g/mol. The standard InChI is InChI=1S/C21H38N2O2/c1-14(2)6-9-20(24)22-16(5)11-17-12-18-7-8-19(13-17)23(18)21(25)10-15(3)4/h14-19H,6-13H2,1-5H3,(H,22,24). The lowest BCUT2D eigenvalue weighted by molar-refractivity contribution is -0.137. The van der Waals surface area contributed by atoms with Gasteiger partial charge in [0, 0.05) is 31.0 Å². The molecule has 2 fully saturated rings. The zero-order chi connectivity index (χ0) is 18.6. The van der Waals surface area contributed by atoms with Crippen LogP contribution in [0, 0.1) is 17.8 Å². The van der Waals surface area contributed by atoms with Crippen molar-refractivity contribution >= 4 is 11.8 Å². The van der Waals surface area contributed by atoms with E-state index in [9.17, 15) is 9.59 Å². The van der Waals surface area contributed by atoms with Gasteiger partial charge in [-0.2, -0.15) is 0 Å². The first-order chi connectivity index (χ1) is 11.8. The van der Waals surface area contributed by atoms with E-state index in [-0.39, 0.29) is 11.9 Å². The number of carbonyl (C=O) groups excluding carboxylic acids is 2. The minimum Gasteiger partial charge on any atom is -0.354 e. The zero-order valence-electron chi connectivity index (χ0n) is 16.9. The van der Waals surface area contributed by atoms with Crippen molar-refractivity contribution in [2.45, 2.75) is 104 Å². The van der Waals surface area contributed by atoms with Crippen LogP contribution in [0.15, 0.2) is 0 Å². The molecule has 2 aliphatic rings. The molecule has 1 N–H and O–H groups in total. The molecule has 0 aromatic rings. The van der Waals surface area contributed by atoms with Gasteiger partial charge in [-0.25, -0.2) is 0 Å². The summed E-state index contributed by atoms with van der Waals surface area (Å²) in [7, 11) is 0. The van der Waals surface area contributed by atoms with Crippen LogP contribution in [0.25, 0.3) is 0 Å². The number of hydrogen-bond acceptors (Lipinski definition) is 2. The van der Waals surface area contributed by atoms with Gasteiger partial charge in [0.15, 0.2) is 0 Å². The fraction of sp³-hybridized carbons (Fsp3) is 0.905. The number of nitrogens with zero attached hydrogens (tertiary/aromatic N) is 1. The zero-order valence-corrected chi connectivity index (χ0v) is 16.9. The van der Waals surface area contributed by atoms with Crippen molar-refractivity contribution < 1.29 is 9.59 Å². The van der Waals surface area contributed by atoms with Crippen LogP contribution in [0.2, 0.25) is 0 Å². The Hall–Kier alpha value is -1.06. The van der Waals surface area contributed by atoms with Crippen molar-refractivity contribution in [1.29, 1.82) is 0 Å². The molecule has 2 rings (SSSR count). The third-order valence-corrected chi connectivity index (χ3v) is 5.74. The Kier molecular flexibility index (Phi) is 7.33. The molecule has 0 aromatic carbocycles. The maximum absolute atomic E-state index is 12.5. The quantitative estimate of drug-likeness (QED) is 0.715. The maximum atomic E-state index is 12.5. The van der Waals surface area contributed by atoms with Crippen LogP contribution in [0.4, 0.5) is 0 Å². The number of rotatable bonds is 8. The normalized spacial score (nSPS) is 27.0. The molecule has 2 saturated heterocycles. The maximum Gasteiger partial charge on any atom is 0.223 e. The molecule has 3 atom stereocenters. The number of nitrogens with one attached hydrogen (secondary N) is 1. The van der Waals surface area contributed by atoms with Gasteiger partial charge in [-0.15, -0.1) is 0 Å². The van der Waals surface area contributed by atoms with Gasteiger partial charge in [0.1, 0.15) is 0 Å². The summed E-state index contributed by atoms with van der Waals surface area (Å²) in [4.78, 5) is 26.8. The van der Waals surface area contributed by atoms with Crippen molar-refractivity contribution in [1.82, 2.24) is 10.2 Å². The summed E-state index contributed by atoms with van der Waals surface area (Å²) >= 11 is 0. The number of amides is 2. The van der Waals surface area contributed by atoms with E-state index in [4.69, 9.17) is 0 Å². The number of piperidine rings is 1. The molecule has 144 valence electrons. The van der Waals surface area contributed by atoms with Gasteiger partial charge in [0.05, 0.1) is 0 Å². The van der Waals surface area contributed by atoms with Gasteiger partial charge in [-0.1, -0.05) is 27.7 Å². The van der Waals surface area contributed by atoms with Crippen molar-refractivity contribution in [3.8, 4) is 0 Å². The topological polar surface area (TPSA) is 49.4 Å². The third-order valence-electron chi connectivity index (χ3n) is 5.74. The first-order valence-electron chi connectivity index (χ1n) is 10.4. The molecule has 4 nitrogen and oxygen atoms in total. The van der Waals surface area contributed by atoms with E-state index < -0.39 is 0 Å². The fourth-order valence-corrected chi connectivity index (χ4v) is 4.67. The lowest BCUT2D eigenvalue weighted by Gasteiger charge is -2.40. The summed E-state index contributed by atoms with van der Waals surface area (Å²) < 4.78 is 0. The average molecular weight is 351 g/mol. The number of carbonyl (C=O) groups is 2. The van der Waals surface area contributed by atoms with E-state index >= 15 is 0 Å². The van der Waals surface area contributed by atoms with Crippen LogP contribution in [-0.2, 0) is 9.59 Å². The second-order valence-electron chi connectivity index (χ2n) is 9.26. The van der Waals surface area contributed by atoms with Crippen molar-refractivity contribution in [3.05, 3.63) is 0 Å². The van der Waals surface area contributed by atoms with Crippen molar-refractivity contribution in [2.75, 3.05) is 0 Å². The van der Waals surface area contributed by atoms with Crippen LogP contribution < -0.4 is 5.32 Å². The fourth-order valence-electron chi connectivity index (χ4n) is 4.67. The molecule has 2 amide bonds. The van der Waals surface area contributed by atoms with Crippen LogP contribution in [0.1, 0.15) is 86.0 Å². The second-order valence-corrected chi connectivity index (χ2v) is 9.26. The summed E-state index contributed by atoms with van der Waals surface area (Å²) in [6, 6.07) is 1.12. The van der Waals surface area contributed by atoms with Crippen LogP contribution >= 0.6 is 0 Å². The van der Waals surface area contributed by atoms with E-state index in [1.807, 2.05) is 0 Å². The summed E-state index contributed by atoms with van der Waals surface area (Å²) in [5, 5.41) is 3.17. The van der Waals surface area contributed by atoms with E-state index in [0.717, 1.165) is 25.7 Å².